The number of imidazole rings is 1. The average Bonchev–Trinajstić information content (AvgIpc) is 3.09. The molecule has 21 heavy (non-hydrogen) atoms. The average molecular weight is 300 g/mol. The summed E-state index contributed by atoms with van der Waals surface area (Å²) in [6.45, 7) is 2.05. The predicted octanol–water partition coefficient (Wildman–Crippen LogP) is 3.83. The molecule has 0 aliphatic carbocycles. The van der Waals surface area contributed by atoms with Crippen LogP contribution < -0.4 is 4.74 Å². The highest BCUT2D eigenvalue weighted by Gasteiger charge is 2.14. The Hall–Kier alpha value is -2.47. The number of benzene rings is 1. The number of furan rings is 1. The van der Waals surface area contributed by atoms with Crippen LogP contribution in [0.3, 0.4) is 0 Å². The highest BCUT2D eigenvalue weighted by Crippen LogP contribution is 2.36. The van der Waals surface area contributed by atoms with E-state index in [4.69, 9.17) is 9.15 Å². The molecule has 3 heterocycles. The van der Waals surface area contributed by atoms with E-state index in [0.717, 1.165) is 10.7 Å². The van der Waals surface area contributed by atoms with E-state index in [9.17, 15) is 5.11 Å². The van der Waals surface area contributed by atoms with Gasteiger partial charge in [0.05, 0.1) is 12.5 Å². The van der Waals surface area contributed by atoms with Crippen LogP contribution in [0.2, 0.25) is 0 Å². The second-order valence-corrected chi connectivity index (χ2v) is 6.04. The Balaban J connectivity index is 1.89. The molecule has 106 valence electrons. The summed E-state index contributed by atoms with van der Waals surface area (Å²) in [5.41, 5.74) is 1.32. The summed E-state index contributed by atoms with van der Waals surface area (Å²) in [5.74, 6) is 1.32. The van der Waals surface area contributed by atoms with Crippen molar-refractivity contribution in [2.45, 2.75) is 6.92 Å². The van der Waals surface area contributed by atoms with Gasteiger partial charge in [-0.05, 0) is 13.0 Å². The van der Waals surface area contributed by atoms with Gasteiger partial charge >= 0.3 is 0 Å². The standard InChI is InChI=1S/C15H12N2O3S/c1-8-6-17-7-11(16-15(17)21-8)14-5-10-12(18)3-9(19-2)4-13(10)20-14/h3-7,18H,1-2H3. The second kappa shape index (κ2) is 4.26. The second-order valence-electron chi connectivity index (χ2n) is 4.83. The number of aromatic nitrogens is 2. The fourth-order valence-electron chi connectivity index (χ4n) is 2.37. The van der Waals surface area contributed by atoms with Gasteiger partial charge in [-0.1, -0.05) is 0 Å². The molecule has 1 aromatic carbocycles. The van der Waals surface area contributed by atoms with Crippen molar-refractivity contribution in [2.75, 3.05) is 7.11 Å². The van der Waals surface area contributed by atoms with E-state index in [1.54, 1.807) is 36.6 Å². The summed E-state index contributed by atoms with van der Waals surface area (Å²) < 4.78 is 12.9. The third kappa shape index (κ3) is 1.87. The normalized spacial score (nSPS) is 11.5. The van der Waals surface area contributed by atoms with E-state index in [-0.39, 0.29) is 5.75 Å². The minimum absolute atomic E-state index is 0.135. The lowest BCUT2D eigenvalue weighted by atomic mass is 10.2. The maximum Gasteiger partial charge on any atom is 0.194 e. The number of phenolic OH excluding ortho intramolecular Hbond substituents is 1. The molecule has 5 nitrogen and oxygen atoms in total. The van der Waals surface area contributed by atoms with Crippen LogP contribution in [0.4, 0.5) is 0 Å². The Morgan fingerprint density at radius 1 is 1.29 bits per heavy atom. The third-order valence-corrected chi connectivity index (χ3v) is 4.26. The molecule has 3 aromatic heterocycles. The van der Waals surface area contributed by atoms with Crippen LogP contribution in [0.15, 0.2) is 35.0 Å². The quantitative estimate of drug-likeness (QED) is 0.611. The maximum absolute atomic E-state index is 10.0. The zero-order valence-electron chi connectivity index (χ0n) is 11.5. The fourth-order valence-corrected chi connectivity index (χ4v) is 3.18. The number of rotatable bonds is 2. The molecule has 0 aliphatic heterocycles. The van der Waals surface area contributed by atoms with Gasteiger partial charge in [0, 0.05) is 29.4 Å². The van der Waals surface area contributed by atoms with E-state index in [0.29, 0.717) is 22.5 Å². The Kier molecular flexibility index (Phi) is 2.49. The molecule has 0 bridgehead atoms. The molecular formula is C15H12N2O3S. The monoisotopic (exact) mass is 300 g/mol. The Morgan fingerprint density at radius 2 is 2.14 bits per heavy atom. The van der Waals surface area contributed by atoms with Gasteiger partial charge in [-0.3, -0.25) is 4.40 Å². The smallest absolute Gasteiger partial charge is 0.194 e. The first kappa shape index (κ1) is 12.3. The zero-order chi connectivity index (χ0) is 14.6. The Bertz CT molecular complexity index is 933. The van der Waals surface area contributed by atoms with Gasteiger partial charge < -0.3 is 14.3 Å². The van der Waals surface area contributed by atoms with Gasteiger partial charge in [-0.2, -0.15) is 0 Å². The molecule has 0 atom stereocenters. The van der Waals surface area contributed by atoms with Crippen molar-refractivity contribution < 1.29 is 14.3 Å². The SMILES string of the molecule is COc1cc(O)c2cc(-c3cn4cc(C)sc4n3)oc2c1. The van der Waals surface area contributed by atoms with E-state index in [1.165, 1.54) is 4.88 Å². The van der Waals surface area contributed by atoms with Gasteiger partial charge in [0.25, 0.3) is 0 Å². The fraction of sp³-hybridized carbons (Fsp3) is 0.133. The molecule has 0 saturated heterocycles. The Morgan fingerprint density at radius 3 is 2.90 bits per heavy atom. The van der Waals surface area contributed by atoms with E-state index in [2.05, 4.69) is 4.98 Å². The largest absolute Gasteiger partial charge is 0.507 e. The molecule has 4 aromatic rings. The minimum Gasteiger partial charge on any atom is -0.507 e. The summed E-state index contributed by atoms with van der Waals surface area (Å²) in [6, 6.07) is 5.11. The van der Waals surface area contributed by atoms with Crippen LogP contribution in [-0.4, -0.2) is 21.6 Å². The first-order valence-electron chi connectivity index (χ1n) is 6.40. The van der Waals surface area contributed by atoms with E-state index >= 15 is 0 Å². The van der Waals surface area contributed by atoms with Crippen molar-refractivity contribution in [2.24, 2.45) is 0 Å². The van der Waals surface area contributed by atoms with Crippen molar-refractivity contribution in [3.05, 3.63) is 35.5 Å². The van der Waals surface area contributed by atoms with E-state index < -0.39 is 0 Å². The third-order valence-electron chi connectivity index (χ3n) is 3.35. The van der Waals surface area contributed by atoms with Crippen LogP contribution in [-0.2, 0) is 0 Å². The Labute approximate surface area is 124 Å². The summed E-state index contributed by atoms with van der Waals surface area (Å²) >= 11 is 1.62. The predicted molar refractivity (Wildman–Crippen MR) is 81.2 cm³/mol. The van der Waals surface area contributed by atoms with Gasteiger partial charge in [-0.25, -0.2) is 4.98 Å². The number of phenols is 1. The van der Waals surface area contributed by atoms with Crippen molar-refractivity contribution in [3.8, 4) is 23.0 Å². The summed E-state index contributed by atoms with van der Waals surface area (Å²) in [5, 5.41) is 10.7. The molecule has 0 spiro atoms. The topological polar surface area (TPSA) is 59.9 Å². The van der Waals surface area contributed by atoms with E-state index in [1.807, 2.05) is 23.7 Å². The van der Waals surface area contributed by atoms with Crippen LogP contribution in [0.25, 0.3) is 27.4 Å². The zero-order valence-corrected chi connectivity index (χ0v) is 12.3. The molecule has 6 heteroatoms. The highest BCUT2D eigenvalue weighted by molar-refractivity contribution is 7.17. The van der Waals surface area contributed by atoms with Crippen LogP contribution in [0.5, 0.6) is 11.5 Å². The lowest BCUT2D eigenvalue weighted by Gasteiger charge is -1.99. The molecule has 1 N–H and O–H groups in total. The molecular weight excluding hydrogens is 288 g/mol. The number of methoxy groups -OCH3 is 1. The first-order valence-corrected chi connectivity index (χ1v) is 7.22. The number of aromatic hydroxyl groups is 1. The molecule has 4 rings (SSSR count). The number of ether oxygens (including phenoxy) is 1. The highest BCUT2D eigenvalue weighted by atomic mass is 32.1. The maximum atomic E-state index is 10.0. The minimum atomic E-state index is 0.135. The van der Waals surface area contributed by atoms with Crippen LogP contribution in [0, 0.1) is 6.92 Å². The number of hydrogen-bond acceptors (Lipinski definition) is 5. The van der Waals surface area contributed by atoms with Crippen molar-refractivity contribution in [3.63, 3.8) is 0 Å². The molecule has 0 amide bonds. The molecule has 0 saturated carbocycles. The molecule has 0 radical (unpaired) electrons. The van der Waals surface area contributed by atoms with Gasteiger partial charge in [0.1, 0.15) is 22.8 Å². The lowest BCUT2D eigenvalue weighted by molar-refractivity contribution is 0.408. The summed E-state index contributed by atoms with van der Waals surface area (Å²) in [4.78, 5) is 6.67. The lowest BCUT2D eigenvalue weighted by Crippen LogP contribution is -1.81. The number of nitrogens with zero attached hydrogens (tertiary/aromatic N) is 2. The molecule has 0 unspecified atom stereocenters. The van der Waals surface area contributed by atoms with Gasteiger partial charge in [0.15, 0.2) is 10.7 Å². The summed E-state index contributed by atoms with van der Waals surface area (Å²) in [7, 11) is 1.55. The number of hydrogen-bond donors (Lipinski definition) is 1. The van der Waals surface area contributed by atoms with Crippen LogP contribution in [0.1, 0.15) is 4.88 Å². The van der Waals surface area contributed by atoms with Gasteiger partial charge in [-0.15, -0.1) is 11.3 Å². The summed E-state index contributed by atoms with van der Waals surface area (Å²) in [6.07, 6.45) is 3.95. The number of aryl methyl sites for hydroxylation is 1. The van der Waals surface area contributed by atoms with Gasteiger partial charge in [0.2, 0.25) is 0 Å². The number of fused-ring (bicyclic) bond motifs is 2. The van der Waals surface area contributed by atoms with Crippen LogP contribution >= 0.6 is 11.3 Å². The van der Waals surface area contributed by atoms with Crippen molar-refractivity contribution in [1.29, 1.82) is 0 Å². The molecule has 0 aliphatic rings. The number of thiazole rings is 1. The van der Waals surface area contributed by atoms with Crippen molar-refractivity contribution in [1.82, 2.24) is 9.38 Å². The first-order chi connectivity index (χ1) is 10.1. The molecule has 0 fully saturated rings. The van der Waals surface area contributed by atoms with Crippen molar-refractivity contribution >= 4 is 27.3 Å².